The van der Waals surface area contributed by atoms with Gasteiger partial charge < -0.3 is 30.6 Å². The van der Waals surface area contributed by atoms with Gasteiger partial charge >= 0.3 is 0 Å². The maximum Gasteiger partial charge on any atom is 0.272 e. The third kappa shape index (κ3) is 5.63. The number of aryl methyl sites for hydroxylation is 1. The number of aromatic nitrogens is 2. The van der Waals surface area contributed by atoms with Crippen LogP contribution in [-0.2, 0) is 7.05 Å². The number of amides is 1. The Bertz CT molecular complexity index is 1770. The number of rotatable bonds is 10. The van der Waals surface area contributed by atoms with Gasteiger partial charge in [-0.2, -0.15) is 0 Å². The average molecular weight is 581 g/mol. The summed E-state index contributed by atoms with van der Waals surface area (Å²) in [7, 11) is 3.50. The molecule has 4 N–H and O–H groups in total. The molecule has 0 radical (unpaired) electrons. The van der Waals surface area contributed by atoms with Crippen molar-refractivity contribution < 1.29 is 9.53 Å². The van der Waals surface area contributed by atoms with Crippen LogP contribution in [0.4, 0.5) is 11.5 Å². The third-order valence-electron chi connectivity index (χ3n) is 7.96. The fourth-order valence-corrected chi connectivity index (χ4v) is 6.77. The SMILES string of the molecule is COc1cc(-c2csc3c(C=CCNCCN4CCCC4)cnc(N)c23)ccc1NC(=O)c1cc2ccccc2n1C. The van der Waals surface area contributed by atoms with Gasteiger partial charge in [-0.1, -0.05) is 36.4 Å². The van der Waals surface area contributed by atoms with E-state index in [9.17, 15) is 4.79 Å². The van der Waals surface area contributed by atoms with Crippen LogP contribution in [0.1, 0.15) is 28.9 Å². The van der Waals surface area contributed by atoms with Gasteiger partial charge in [0.05, 0.1) is 12.8 Å². The number of nitrogen functional groups attached to an aromatic ring is 1. The topological polar surface area (TPSA) is 97.4 Å². The lowest BCUT2D eigenvalue weighted by molar-refractivity contribution is 0.101. The Morgan fingerprint density at radius 1 is 1.17 bits per heavy atom. The quantitative estimate of drug-likeness (QED) is 0.176. The summed E-state index contributed by atoms with van der Waals surface area (Å²) in [6, 6.07) is 15.6. The molecule has 5 aromatic rings. The normalized spacial score (nSPS) is 14.0. The zero-order chi connectivity index (χ0) is 29.1. The number of nitrogens with zero attached hydrogens (tertiary/aromatic N) is 3. The van der Waals surface area contributed by atoms with E-state index < -0.39 is 0 Å². The van der Waals surface area contributed by atoms with E-state index in [1.807, 2.05) is 66.3 Å². The van der Waals surface area contributed by atoms with Crippen molar-refractivity contribution >= 4 is 55.8 Å². The molecule has 3 aromatic heterocycles. The Hall–Kier alpha value is -4.18. The molecule has 216 valence electrons. The monoisotopic (exact) mass is 580 g/mol. The molecule has 42 heavy (non-hydrogen) atoms. The van der Waals surface area contributed by atoms with Gasteiger partial charge in [0.15, 0.2) is 0 Å². The van der Waals surface area contributed by atoms with Crippen LogP contribution < -0.4 is 21.1 Å². The van der Waals surface area contributed by atoms with Crippen molar-refractivity contribution in [1.82, 2.24) is 19.8 Å². The first kappa shape index (κ1) is 28.0. The first-order valence-corrected chi connectivity index (χ1v) is 15.2. The number of para-hydroxylation sites is 1. The van der Waals surface area contributed by atoms with Crippen LogP contribution in [0, 0.1) is 0 Å². The summed E-state index contributed by atoms with van der Waals surface area (Å²) in [5.74, 6) is 0.868. The summed E-state index contributed by atoms with van der Waals surface area (Å²) in [5, 5.41) is 10.6. The second kappa shape index (κ2) is 12.4. The average Bonchev–Trinajstić information content (AvgIpc) is 3.76. The lowest BCUT2D eigenvalue weighted by Crippen LogP contribution is -2.29. The van der Waals surface area contributed by atoms with Crippen molar-refractivity contribution in [3.05, 3.63) is 77.4 Å². The third-order valence-corrected chi connectivity index (χ3v) is 8.99. The number of hydrogen-bond donors (Lipinski definition) is 3. The number of hydrogen-bond acceptors (Lipinski definition) is 7. The Morgan fingerprint density at radius 3 is 2.81 bits per heavy atom. The maximum atomic E-state index is 13.2. The molecule has 1 saturated heterocycles. The highest BCUT2D eigenvalue weighted by Crippen LogP contribution is 2.41. The van der Waals surface area contributed by atoms with Crippen molar-refractivity contribution in [2.24, 2.45) is 7.05 Å². The molecule has 1 aliphatic rings. The zero-order valence-corrected chi connectivity index (χ0v) is 24.8. The van der Waals surface area contributed by atoms with E-state index in [0.717, 1.165) is 57.3 Å². The molecule has 8 nitrogen and oxygen atoms in total. The molecule has 6 rings (SSSR count). The standard InChI is InChI=1S/C33H36N6O2S/c1-38-27-10-4-3-8-23(27)18-28(38)33(40)37-26-12-11-22(19-29(26)41-2)25-21-42-31-24(20-36-32(34)30(25)31)9-7-13-35-14-17-39-15-5-6-16-39/h3-4,7-12,18-21,35H,5-6,13-17H2,1-2H3,(H2,34,36)(H,37,40). The van der Waals surface area contributed by atoms with E-state index in [0.29, 0.717) is 22.9 Å². The first-order chi connectivity index (χ1) is 20.5. The second-order valence-corrected chi connectivity index (χ2v) is 11.5. The summed E-state index contributed by atoms with van der Waals surface area (Å²) < 4.78 is 8.70. The van der Waals surface area contributed by atoms with Crippen LogP contribution in [-0.4, -0.2) is 60.2 Å². The van der Waals surface area contributed by atoms with E-state index >= 15 is 0 Å². The fraction of sp³-hybridized carbons (Fsp3) is 0.273. The highest BCUT2D eigenvalue weighted by molar-refractivity contribution is 7.18. The number of benzene rings is 2. The maximum absolute atomic E-state index is 13.2. The number of nitrogens with one attached hydrogen (secondary N) is 2. The van der Waals surface area contributed by atoms with Crippen LogP contribution in [0.5, 0.6) is 5.75 Å². The minimum Gasteiger partial charge on any atom is -0.495 e. The summed E-state index contributed by atoms with van der Waals surface area (Å²) in [6.45, 7) is 5.35. The summed E-state index contributed by atoms with van der Waals surface area (Å²) in [6.07, 6.45) is 8.74. The molecule has 0 bridgehead atoms. The molecule has 1 fully saturated rings. The number of methoxy groups -OCH3 is 1. The highest BCUT2D eigenvalue weighted by Gasteiger charge is 2.18. The number of likely N-dealkylation sites (tertiary alicyclic amines) is 1. The predicted molar refractivity (Wildman–Crippen MR) is 174 cm³/mol. The van der Waals surface area contributed by atoms with Gasteiger partial charge in [0.25, 0.3) is 5.91 Å². The molecule has 0 spiro atoms. The molecular formula is C33H36N6O2S. The van der Waals surface area contributed by atoms with Crippen molar-refractivity contribution in [2.45, 2.75) is 12.8 Å². The van der Waals surface area contributed by atoms with Gasteiger partial charge in [-0.05, 0) is 61.1 Å². The van der Waals surface area contributed by atoms with Crippen molar-refractivity contribution in [3.63, 3.8) is 0 Å². The number of fused-ring (bicyclic) bond motifs is 2. The van der Waals surface area contributed by atoms with Gasteiger partial charge in [-0.25, -0.2) is 4.98 Å². The smallest absolute Gasteiger partial charge is 0.272 e. The summed E-state index contributed by atoms with van der Waals surface area (Å²) in [5.41, 5.74) is 11.6. The van der Waals surface area contributed by atoms with Crippen LogP contribution in [0.15, 0.2) is 66.2 Å². The minimum absolute atomic E-state index is 0.198. The lowest BCUT2D eigenvalue weighted by Gasteiger charge is -2.13. The molecule has 4 heterocycles. The van der Waals surface area contributed by atoms with Gasteiger partial charge in [0.2, 0.25) is 0 Å². The number of thiophene rings is 1. The second-order valence-electron chi connectivity index (χ2n) is 10.6. The molecule has 0 atom stereocenters. The molecule has 9 heteroatoms. The molecular weight excluding hydrogens is 544 g/mol. The van der Waals surface area contributed by atoms with E-state index in [-0.39, 0.29) is 5.91 Å². The lowest BCUT2D eigenvalue weighted by atomic mass is 10.0. The van der Waals surface area contributed by atoms with E-state index in [1.165, 1.54) is 25.9 Å². The fourth-order valence-electron chi connectivity index (χ4n) is 5.69. The van der Waals surface area contributed by atoms with Crippen molar-refractivity contribution in [1.29, 1.82) is 0 Å². The summed E-state index contributed by atoms with van der Waals surface area (Å²) >= 11 is 1.65. The Kier molecular flexibility index (Phi) is 8.23. The minimum atomic E-state index is -0.198. The van der Waals surface area contributed by atoms with Gasteiger partial charge in [-0.3, -0.25) is 4.79 Å². The van der Waals surface area contributed by atoms with Crippen LogP contribution in [0.3, 0.4) is 0 Å². The number of nitrogens with two attached hydrogens (primary N) is 1. The number of ether oxygens (including phenoxy) is 1. The van der Waals surface area contributed by atoms with Crippen LogP contribution in [0.2, 0.25) is 0 Å². The highest BCUT2D eigenvalue weighted by atomic mass is 32.1. The first-order valence-electron chi connectivity index (χ1n) is 14.3. The summed E-state index contributed by atoms with van der Waals surface area (Å²) in [4.78, 5) is 20.2. The molecule has 0 saturated carbocycles. The zero-order valence-electron chi connectivity index (χ0n) is 24.0. The molecule has 1 amide bonds. The predicted octanol–water partition coefficient (Wildman–Crippen LogP) is 6.00. The molecule has 0 aliphatic carbocycles. The van der Waals surface area contributed by atoms with Crippen molar-refractivity contribution in [2.75, 3.05) is 50.9 Å². The number of carbonyl (C=O) groups is 1. The van der Waals surface area contributed by atoms with Gasteiger partial charge in [0.1, 0.15) is 17.3 Å². The molecule has 1 aliphatic heterocycles. The Morgan fingerprint density at radius 2 is 2.00 bits per heavy atom. The number of anilines is 2. The van der Waals surface area contributed by atoms with Gasteiger partial charge in [0, 0.05) is 65.0 Å². The van der Waals surface area contributed by atoms with Crippen molar-refractivity contribution in [3.8, 4) is 16.9 Å². The van der Waals surface area contributed by atoms with Crippen LogP contribution >= 0.6 is 11.3 Å². The van der Waals surface area contributed by atoms with E-state index in [2.05, 4.69) is 38.0 Å². The largest absolute Gasteiger partial charge is 0.495 e. The number of carbonyl (C=O) groups excluding carboxylic acids is 1. The Balaban J connectivity index is 1.19. The van der Waals surface area contributed by atoms with Crippen LogP contribution in [0.25, 0.3) is 38.2 Å². The van der Waals surface area contributed by atoms with E-state index in [1.54, 1.807) is 18.4 Å². The van der Waals surface area contributed by atoms with E-state index in [4.69, 9.17) is 10.5 Å². The number of pyridine rings is 1. The molecule has 0 unspecified atom stereocenters. The van der Waals surface area contributed by atoms with Gasteiger partial charge in [-0.15, -0.1) is 11.3 Å². The Labute approximate surface area is 249 Å². The molecule has 2 aromatic carbocycles.